The van der Waals surface area contributed by atoms with Crippen LogP contribution in [-0.2, 0) is 11.0 Å². The standard InChI is InChI=1S/C28H25F4N5O2/c1-2-37-25(35-20-9-4-3-5-10-20)22(24(33)34)21(16-11-13-19(29)14-12-16)23(27(37)39)36-26(38)17-7-6-8-18(15-17)28(30,31)32/h3-15,21,23,35H,2H2,1H3,(H3,33,34)(H,36,38)/t21-,23-/m0/s1. The Bertz CT molecular complexity index is 1420. The number of benzene rings is 3. The van der Waals surface area contributed by atoms with Crippen molar-refractivity contribution < 1.29 is 27.2 Å². The average Bonchev–Trinajstić information content (AvgIpc) is 2.90. The summed E-state index contributed by atoms with van der Waals surface area (Å²) in [5.74, 6) is -3.32. The first-order valence-electron chi connectivity index (χ1n) is 12.0. The number of amidine groups is 1. The number of para-hydroxylation sites is 1. The van der Waals surface area contributed by atoms with Crippen molar-refractivity contribution in [2.75, 3.05) is 11.9 Å². The van der Waals surface area contributed by atoms with Crippen LogP contribution in [0.25, 0.3) is 0 Å². The molecule has 3 aromatic rings. The summed E-state index contributed by atoms with van der Waals surface area (Å²) in [6.07, 6.45) is -4.67. The normalized spacial score (nSPS) is 17.7. The largest absolute Gasteiger partial charge is 0.416 e. The molecule has 0 bridgehead atoms. The van der Waals surface area contributed by atoms with Crippen LogP contribution in [0.4, 0.5) is 23.2 Å². The van der Waals surface area contributed by atoms with Gasteiger partial charge in [-0.15, -0.1) is 0 Å². The molecule has 5 N–H and O–H groups in total. The van der Waals surface area contributed by atoms with Crippen molar-refractivity contribution >= 4 is 23.3 Å². The molecule has 3 aromatic carbocycles. The van der Waals surface area contributed by atoms with Crippen LogP contribution in [0.2, 0.25) is 0 Å². The van der Waals surface area contributed by atoms with E-state index in [0.29, 0.717) is 17.3 Å². The van der Waals surface area contributed by atoms with Gasteiger partial charge in [-0.05, 0) is 55.0 Å². The lowest BCUT2D eigenvalue weighted by atomic mass is 9.80. The molecule has 1 heterocycles. The minimum Gasteiger partial charge on any atom is -0.384 e. The summed E-state index contributed by atoms with van der Waals surface area (Å²) in [6, 6.07) is 16.4. The zero-order valence-corrected chi connectivity index (χ0v) is 20.7. The Morgan fingerprint density at radius 2 is 1.69 bits per heavy atom. The number of alkyl halides is 3. The topological polar surface area (TPSA) is 111 Å². The van der Waals surface area contributed by atoms with E-state index in [9.17, 15) is 27.2 Å². The third kappa shape index (κ3) is 5.77. The monoisotopic (exact) mass is 539 g/mol. The van der Waals surface area contributed by atoms with Crippen LogP contribution in [0.5, 0.6) is 0 Å². The van der Waals surface area contributed by atoms with Crippen molar-refractivity contribution in [3.8, 4) is 0 Å². The highest BCUT2D eigenvalue weighted by atomic mass is 19.4. The molecular formula is C28H25F4N5O2. The van der Waals surface area contributed by atoms with Crippen LogP contribution >= 0.6 is 0 Å². The lowest BCUT2D eigenvalue weighted by Gasteiger charge is -2.41. The first kappa shape index (κ1) is 27.4. The Hall–Kier alpha value is -4.67. The third-order valence-electron chi connectivity index (χ3n) is 6.31. The number of hydrogen-bond donors (Lipinski definition) is 4. The number of halogens is 4. The van der Waals surface area contributed by atoms with E-state index in [1.165, 1.54) is 35.2 Å². The van der Waals surface area contributed by atoms with E-state index >= 15 is 0 Å². The molecule has 0 saturated heterocycles. The Kier molecular flexibility index (Phi) is 7.70. The third-order valence-corrected chi connectivity index (χ3v) is 6.31. The summed E-state index contributed by atoms with van der Waals surface area (Å²) in [7, 11) is 0. The number of carbonyl (C=O) groups is 2. The fourth-order valence-corrected chi connectivity index (χ4v) is 4.52. The van der Waals surface area contributed by atoms with Crippen molar-refractivity contribution in [1.82, 2.24) is 10.2 Å². The number of hydrogen-bond acceptors (Lipinski definition) is 4. The lowest BCUT2D eigenvalue weighted by molar-refractivity contribution is -0.137. The summed E-state index contributed by atoms with van der Waals surface area (Å²) < 4.78 is 53.6. The van der Waals surface area contributed by atoms with Crippen LogP contribution in [0.15, 0.2) is 90.3 Å². The van der Waals surface area contributed by atoms with E-state index in [2.05, 4.69) is 10.6 Å². The minimum absolute atomic E-state index is 0.122. The summed E-state index contributed by atoms with van der Waals surface area (Å²) in [4.78, 5) is 28.3. The average molecular weight is 540 g/mol. The summed E-state index contributed by atoms with van der Waals surface area (Å²) in [5.41, 5.74) is 5.83. The molecule has 0 fully saturated rings. The van der Waals surface area contributed by atoms with Crippen molar-refractivity contribution in [3.05, 3.63) is 113 Å². The molecule has 0 unspecified atom stereocenters. The van der Waals surface area contributed by atoms with Crippen LogP contribution in [0, 0.1) is 11.2 Å². The van der Waals surface area contributed by atoms with Gasteiger partial charge in [0.1, 0.15) is 23.5 Å². The second-order valence-corrected chi connectivity index (χ2v) is 8.81. The van der Waals surface area contributed by atoms with E-state index in [-0.39, 0.29) is 23.5 Å². The van der Waals surface area contributed by atoms with Gasteiger partial charge in [-0.25, -0.2) is 4.39 Å². The van der Waals surface area contributed by atoms with Crippen molar-refractivity contribution in [2.45, 2.75) is 25.1 Å². The number of anilines is 1. The molecule has 2 amide bonds. The lowest BCUT2D eigenvalue weighted by Crippen LogP contribution is -2.57. The highest BCUT2D eigenvalue weighted by Gasteiger charge is 2.44. The van der Waals surface area contributed by atoms with Gasteiger partial charge in [-0.1, -0.05) is 36.4 Å². The Morgan fingerprint density at radius 1 is 1.03 bits per heavy atom. The molecule has 0 aliphatic carbocycles. The second kappa shape index (κ2) is 11.0. The number of nitrogens with one attached hydrogen (secondary N) is 3. The predicted molar refractivity (Wildman–Crippen MR) is 138 cm³/mol. The van der Waals surface area contributed by atoms with E-state index < -0.39 is 47.2 Å². The number of likely N-dealkylation sites (N-methyl/N-ethyl adjacent to an activating group) is 1. The summed E-state index contributed by atoms with van der Waals surface area (Å²) in [6.45, 7) is 1.81. The number of nitrogens with two attached hydrogens (primary N) is 1. The Balaban J connectivity index is 1.84. The van der Waals surface area contributed by atoms with E-state index in [4.69, 9.17) is 11.1 Å². The molecule has 0 aromatic heterocycles. The van der Waals surface area contributed by atoms with Gasteiger partial charge in [0.2, 0.25) is 0 Å². The fraction of sp³-hybridized carbons (Fsp3) is 0.179. The fourth-order valence-electron chi connectivity index (χ4n) is 4.52. The van der Waals surface area contributed by atoms with Crippen LogP contribution in [0.3, 0.4) is 0 Å². The summed E-state index contributed by atoms with van der Waals surface area (Å²) >= 11 is 0. The van der Waals surface area contributed by atoms with Crippen LogP contribution in [-0.4, -0.2) is 35.1 Å². The molecule has 2 atom stereocenters. The SMILES string of the molecule is CCN1C(=O)[C@@H](NC(=O)c2cccc(C(F)(F)F)c2)[C@@H](c2ccc(F)cc2)C(C(=N)N)=C1Nc1ccccc1. The van der Waals surface area contributed by atoms with Gasteiger partial charge in [-0.2, -0.15) is 13.2 Å². The van der Waals surface area contributed by atoms with Gasteiger partial charge in [-0.3, -0.25) is 19.9 Å². The molecule has 7 nitrogen and oxygen atoms in total. The van der Waals surface area contributed by atoms with Gasteiger partial charge >= 0.3 is 6.18 Å². The molecule has 4 rings (SSSR count). The molecule has 0 spiro atoms. The molecule has 39 heavy (non-hydrogen) atoms. The maximum absolute atomic E-state index is 13.8. The molecule has 0 radical (unpaired) electrons. The maximum atomic E-state index is 13.8. The Morgan fingerprint density at radius 3 is 2.28 bits per heavy atom. The zero-order valence-electron chi connectivity index (χ0n) is 20.7. The first-order valence-corrected chi connectivity index (χ1v) is 12.0. The van der Waals surface area contributed by atoms with Gasteiger partial charge in [0.15, 0.2) is 0 Å². The van der Waals surface area contributed by atoms with Gasteiger partial charge in [0, 0.05) is 29.3 Å². The molecule has 1 aliphatic heterocycles. The summed E-state index contributed by atoms with van der Waals surface area (Å²) in [5, 5.41) is 14.1. The van der Waals surface area contributed by atoms with Crippen molar-refractivity contribution in [1.29, 1.82) is 5.41 Å². The molecule has 1 aliphatic rings. The predicted octanol–water partition coefficient (Wildman–Crippen LogP) is 4.85. The smallest absolute Gasteiger partial charge is 0.384 e. The van der Waals surface area contributed by atoms with Crippen molar-refractivity contribution in [3.63, 3.8) is 0 Å². The van der Waals surface area contributed by atoms with Gasteiger partial charge in [0.05, 0.1) is 5.56 Å². The highest BCUT2D eigenvalue weighted by Crippen LogP contribution is 2.37. The number of amides is 2. The number of carbonyl (C=O) groups excluding carboxylic acids is 2. The molecular weight excluding hydrogens is 514 g/mol. The number of nitrogens with zero attached hydrogens (tertiary/aromatic N) is 1. The van der Waals surface area contributed by atoms with E-state index in [0.717, 1.165) is 12.1 Å². The highest BCUT2D eigenvalue weighted by molar-refractivity contribution is 6.04. The number of rotatable bonds is 7. The quantitative estimate of drug-likeness (QED) is 0.195. The molecule has 202 valence electrons. The van der Waals surface area contributed by atoms with E-state index in [1.807, 2.05) is 0 Å². The van der Waals surface area contributed by atoms with Crippen molar-refractivity contribution in [2.24, 2.45) is 5.73 Å². The van der Waals surface area contributed by atoms with Gasteiger partial charge < -0.3 is 16.4 Å². The van der Waals surface area contributed by atoms with E-state index in [1.54, 1.807) is 37.3 Å². The van der Waals surface area contributed by atoms with Crippen LogP contribution in [0.1, 0.15) is 34.3 Å². The first-order chi connectivity index (χ1) is 18.5. The Labute approximate surface area is 221 Å². The minimum atomic E-state index is -4.67. The molecule has 0 saturated carbocycles. The van der Waals surface area contributed by atoms with Crippen LogP contribution < -0.4 is 16.4 Å². The maximum Gasteiger partial charge on any atom is 0.416 e. The van der Waals surface area contributed by atoms with Gasteiger partial charge in [0.25, 0.3) is 11.8 Å². The zero-order chi connectivity index (χ0) is 28.3. The molecule has 11 heteroatoms. The second-order valence-electron chi connectivity index (χ2n) is 8.81.